The first-order chi connectivity index (χ1) is 1.41. The summed E-state index contributed by atoms with van der Waals surface area (Å²) in [5, 5.41) is 0. The van der Waals surface area contributed by atoms with E-state index in [1.807, 2.05) is 6.92 Å². The maximum atomic E-state index is 3.49. The standard InChI is InChI=1S/C3H7.Cu.Li.H/c1-3-2;;;/h1,3H2,2H3;;;. The van der Waals surface area contributed by atoms with Gasteiger partial charge in [-0.2, -0.15) is 0 Å². The van der Waals surface area contributed by atoms with Gasteiger partial charge in [0.1, 0.15) is 0 Å². The quantitative estimate of drug-likeness (QED) is 0.404. The van der Waals surface area contributed by atoms with Gasteiger partial charge in [-0.1, -0.05) is 20.3 Å². The second-order valence-corrected chi connectivity index (χ2v) is 0.500. The molecule has 0 aliphatic carbocycles. The van der Waals surface area contributed by atoms with Gasteiger partial charge in [0, 0.05) is 17.1 Å². The summed E-state index contributed by atoms with van der Waals surface area (Å²) in [6.45, 7) is 5.50. The van der Waals surface area contributed by atoms with Gasteiger partial charge >= 0.3 is 18.9 Å². The average Bonchev–Trinajstić information content (AvgIpc) is 0.918. The molecule has 0 nitrogen and oxygen atoms in total. The normalized spacial score (nSPS) is 3.60. The van der Waals surface area contributed by atoms with Crippen molar-refractivity contribution in [3.05, 3.63) is 6.92 Å². The summed E-state index contributed by atoms with van der Waals surface area (Å²) in [7, 11) is 0. The van der Waals surface area contributed by atoms with Crippen molar-refractivity contribution >= 4 is 18.9 Å². The van der Waals surface area contributed by atoms with Crippen LogP contribution in [-0.4, -0.2) is 18.9 Å². The molecule has 2 heteroatoms. The van der Waals surface area contributed by atoms with E-state index in [0.717, 1.165) is 6.42 Å². The van der Waals surface area contributed by atoms with Crippen LogP contribution in [0.15, 0.2) is 0 Å². The van der Waals surface area contributed by atoms with Gasteiger partial charge in [0.15, 0.2) is 0 Å². The second-order valence-electron chi connectivity index (χ2n) is 0.500. The molecule has 32 valence electrons. The molecule has 0 aromatic carbocycles. The number of hydrogen-bond donors (Lipinski definition) is 0. The Hall–Kier alpha value is 1.12. The van der Waals surface area contributed by atoms with Crippen molar-refractivity contribution in [2.75, 3.05) is 0 Å². The predicted molar refractivity (Wildman–Crippen MR) is 22.8 cm³/mol. The molecule has 5 heavy (non-hydrogen) atoms. The van der Waals surface area contributed by atoms with Crippen LogP contribution in [0.2, 0.25) is 0 Å². The van der Waals surface area contributed by atoms with Crippen molar-refractivity contribution in [3.8, 4) is 0 Å². The molecule has 0 amide bonds. The summed E-state index contributed by atoms with van der Waals surface area (Å²) in [6, 6.07) is 0. The van der Waals surface area contributed by atoms with E-state index in [1.54, 1.807) is 0 Å². The van der Waals surface area contributed by atoms with Crippen molar-refractivity contribution in [2.45, 2.75) is 13.3 Å². The summed E-state index contributed by atoms with van der Waals surface area (Å²) in [5.41, 5.74) is 0. The van der Waals surface area contributed by atoms with Crippen molar-refractivity contribution in [2.24, 2.45) is 0 Å². The van der Waals surface area contributed by atoms with Crippen LogP contribution in [-0.2, 0) is 17.1 Å². The molecule has 0 saturated heterocycles. The van der Waals surface area contributed by atoms with E-state index < -0.39 is 0 Å². The average molecular weight is 115 g/mol. The molecule has 0 bridgehead atoms. The van der Waals surface area contributed by atoms with Gasteiger partial charge < -0.3 is 0 Å². The Balaban J connectivity index is -0.0000000200. The third-order valence-corrected chi connectivity index (χ3v) is 0. The Morgan fingerprint density at radius 3 is 1.60 bits per heavy atom. The van der Waals surface area contributed by atoms with Gasteiger partial charge in [0.25, 0.3) is 0 Å². The van der Waals surface area contributed by atoms with E-state index in [1.165, 1.54) is 0 Å². The van der Waals surface area contributed by atoms with Crippen molar-refractivity contribution in [1.29, 1.82) is 0 Å². The zero-order chi connectivity index (χ0) is 2.71. The van der Waals surface area contributed by atoms with E-state index in [0.29, 0.717) is 0 Å². The molecular weight excluding hydrogens is 107 g/mol. The third-order valence-electron chi connectivity index (χ3n) is 0. The maximum absolute atomic E-state index is 3.49. The fraction of sp³-hybridized carbons (Fsp3) is 0.667. The minimum atomic E-state index is 0. The van der Waals surface area contributed by atoms with Crippen molar-refractivity contribution in [1.82, 2.24) is 0 Å². The fourth-order valence-corrected chi connectivity index (χ4v) is 0. The van der Waals surface area contributed by atoms with Crippen LogP contribution in [0.3, 0.4) is 0 Å². The van der Waals surface area contributed by atoms with E-state index in [2.05, 4.69) is 6.92 Å². The Kier molecular flexibility index (Phi) is 63.8. The van der Waals surface area contributed by atoms with Gasteiger partial charge in [0.2, 0.25) is 0 Å². The zero-order valence-corrected chi connectivity index (χ0v) is 3.66. The molecule has 0 atom stereocenters. The molecule has 0 aromatic rings. The first-order valence-corrected chi connectivity index (χ1v) is 1.21. The Labute approximate surface area is 56.4 Å². The fourth-order valence-electron chi connectivity index (χ4n) is 0. The zero-order valence-electron chi connectivity index (χ0n) is 2.72. The molecular formula is C3H8CuLi. The van der Waals surface area contributed by atoms with E-state index in [4.69, 9.17) is 0 Å². The molecule has 0 saturated carbocycles. The van der Waals surface area contributed by atoms with Crippen LogP contribution in [0.5, 0.6) is 0 Å². The van der Waals surface area contributed by atoms with Gasteiger partial charge in [-0.15, -0.1) is 0 Å². The Morgan fingerprint density at radius 1 is 1.60 bits per heavy atom. The van der Waals surface area contributed by atoms with Gasteiger partial charge in [-0.3, -0.25) is 0 Å². The van der Waals surface area contributed by atoms with Crippen molar-refractivity contribution < 1.29 is 17.1 Å². The molecule has 2 radical (unpaired) electrons. The first-order valence-electron chi connectivity index (χ1n) is 1.21. The summed E-state index contributed by atoms with van der Waals surface area (Å²) < 4.78 is 0. The molecule has 0 rings (SSSR count). The van der Waals surface area contributed by atoms with Crippen LogP contribution in [0.25, 0.3) is 0 Å². The summed E-state index contributed by atoms with van der Waals surface area (Å²) in [5.74, 6) is 0. The Bertz CT molecular complexity index is 6.85. The molecule has 0 N–H and O–H groups in total. The van der Waals surface area contributed by atoms with E-state index in [9.17, 15) is 0 Å². The summed E-state index contributed by atoms with van der Waals surface area (Å²) in [6.07, 6.45) is 1.00. The van der Waals surface area contributed by atoms with E-state index >= 15 is 0 Å². The van der Waals surface area contributed by atoms with Gasteiger partial charge in [-0.25, -0.2) is 0 Å². The van der Waals surface area contributed by atoms with Crippen molar-refractivity contribution in [3.63, 3.8) is 0 Å². The van der Waals surface area contributed by atoms with Crippen LogP contribution in [0, 0.1) is 6.92 Å². The second kappa shape index (κ2) is 19.4. The topological polar surface area (TPSA) is 0 Å². The molecule has 0 aliphatic rings. The SMILES string of the molecule is [CH2]CC.[Cu].[LiH]. The summed E-state index contributed by atoms with van der Waals surface area (Å²) in [4.78, 5) is 0. The van der Waals surface area contributed by atoms with Crippen LogP contribution < -0.4 is 0 Å². The number of rotatable bonds is 0. The molecule has 0 spiro atoms. The number of hydrogen-bond acceptors (Lipinski definition) is 0. The monoisotopic (exact) mass is 114 g/mol. The van der Waals surface area contributed by atoms with Gasteiger partial charge in [0.05, 0.1) is 0 Å². The molecule has 0 aromatic heterocycles. The van der Waals surface area contributed by atoms with Crippen LogP contribution >= 0.6 is 0 Å². The molecule has 0 unspecified atom stereocenters. The summed E-state index contributed by atoms with van der Waals surface area (Å²) >= 11 is 0. The predicted octanol–water partition coefficient (Wildman–Crippen LogP) is 0.579. The van der Waals surface area contributed by atoms with Crippen LogP contribution in [0.4, 0.5) is 0 Å². The van der Waals surface area contributed by atoms with E-state index in [-0.39, 0.29) is 35.9 Å². The molecule has 0 fully saturated rings. The van der Waals surface area contributed by atoms with Gasteiger partial charge in [-0.05, 0) is 0 Å². The third kappa shape index (κ3) is 39.9. The Morgan fingerprint density at radius 2 is 1.60 bits per heavy atom. The molecule has 0 aliphatic heterocycles. The minimum absolute atomic E-state index is 0. The molecule has 0 heterocycles. The van der Waals surface area contributed by atoms with Crippen LogP contribution in [0.1, 0.15) is 13.3 Å². The first kappa shape index (κ1) is 16.5.